The summed E-state index contributed by atoms with van der Waals surface area (Å²) in [5.41, 5.74) is 5.68. The minimum Gasteiger partial charge on any atom is -0.120 e. The minimum atomic E-state index is 0. The van der Waals surface area contributed by atoms with Crippen LogP contribution >= 0.6 is 0 Å². The molecule has 0 saturated carbocycles. The first-order valence-electron chi connectivity index (χ1n) is 7.99. The van der Waals surface area contributed by atoms with Gasteiger partial charge in [-0.05, 0) is 11.5 Å². The number of hydrogen-bond donors (Lipinski definition) is 0. The Bertz CT molecular complexity index is 749. The van der Waals surface area contributed by atoms with E-state index >= 15 is 0 Å². The Morgan fingerprint density at radius 3 is 2.04 bits per heavy atom. The van der Waals surface area contributed by atoms with Crippen molar-refractivity contribution in [1.29, 1.82) is 0 Å². The Kier molecular flexibility index (Phi) is 5.01. The molecule has 0 aliphatic heterocycles. The van der Waals surface area contributed by atoms with Crippen molar-refractivity contribution in [2.24, 2.45) is 0 Å². The van der Waals surface area contributed by atoms with E-state index in [1.54, 1.807) is 0 Å². The molecular weight excluding hydrogens is 371 g/mol. The van der Waals surface area contributed by atoms with E-state index in [2.05, 4.69) is 84.9 Å². The van der Waals surface area contributed by atoms with Crippen LogP contribution in [-0.4, -0.2) is 0 Å². The van der Waals surface area contributed by atoms with Gasteiger partial charge in [0.2, 0.25) is 0 Å². The first-order chi connectivity index (χ1) is 10.9. The van der Waals surface area contributed by atoms with E-state index in [1.807, 2.05) is 0 Å². The third-order valence-corrected chi connectivity index (χ3v) is 4.65. The summed E-state index contributed by atoms with van der Waals surface area (Å²) in [6, 6.07) is 30.7. The fraction of sp³-hybridized carbons (Fsp3) is 0.136. The van der Waals surface area contributed by atoms with Crippen molar-refractivity contribution in [1.82, 2.24) is 0 Å². The second-order valence-electron chi connectivity index (χ2n) is 5.94. The molecule has 23 heavy (non-hydrogen) atoms. The SMILES string of the molecule is [Pd].c1ccc([C-]2c3ccccc3CCC2c2ccccc2)cc1. The second kappa shape index (κ2) is 7.18. The van der Waals surface area contributed by atoms with E-state index in [-0.39, 0.29) is 20.4 Å². The molecule has 1 heteroatoms. The van der Waals surface area contributed by atoms with E-state index in [9.17, 15) is 0 Å². The standard InChI is InChI=1S/C22H19.Pd/c1-3-9-17(10-4-1)21-16-15-18-11-7-8-14-20(18)22(21)19-12-5-2-6-13-19;/h1-14,21H,15-16H2;/q-1;. The smallest absolute Gasteiger partial charge is 0 e. The summed E-state index contributed by atoms with van der Waals surface area (Å²) in [5, 5.41) is 0. The summed E-state index contributed by atoms with van der Waals surface area (Å²) in [4.78, 5) is 0. The second-order valence-corrected chi connectivity index (χ2v) is 5.94. The van der Waals surface area contributed by atoms with E-state index in [1.165, 1.54) is 34.6 Å². The van der Waals surface area contributed by atoms with Gasteiger partial charge in [-0.15, -0.1) is 40.8 Å². The van der Waals surface area contributed by atoms with Gasteiger partial charge in [0.1, 0.15) is 0 Å². The van der Waals surface area contributed by atoms with E-state index in [4.69, 9.17) is 0 Å². The predicted molar refractivity (Wildman–Crippen MR) is 91.8 cm³/mol. The van der Waals surface area contributed by atoms with Crippen LogP contribution in [0.2, 0.25) is 0 Å². The molecule has 0 spiro atoms. The Hall–Kier alpha value is -1.81. The molecule has 0 bridgehead atoms. The monoisotopic (exact) mass is 389 g/mol. The van der Waals surface area contributed by atoms with E-state index in [0.717, 1.165) is 6.42 Å². The van der Waals surface area contributed by atoms with Crippen molar-refractivity contribution in [2.45, 2.75) is 18.8 Å². The average Bonchev–Trinajstić information content (AvgIpc) is 2.62. The van der Waals surface area contributed by atoms with Crippen LogP contribution in [0.5, 0.6) is 0 Å². The molecule has 1 unspecified atom stereocenters. The fourth-order valence-electron chi connectivity index (χ4n) is 3.63. The van der Waals surface area contributed by atoms with Crippen LogP contribution in [0.3, 0.4) is 0 Å². The number of aryl methyl sites for hydroxylation is 1. The number of rotatable bonds is 2. The third-order valence-electron chi connectivity index (χ3n) is 4.65. The molecular formula is C22H19Pd-. The zero-order valence-electron chi connectivity index (χ0n) is 12.9. The molecule has 118 valence electrons. The molecule has 0 N–H and O–H groups in total. The maximum atomic E-state index is 2.28. The van der Waals surface area contributed by atoms with Gasteiger partial charge in [-0.2, -0.15) is 0 Å². The molecule has 0 aromatic heterocycles. The Morgan fingerprint density at radius 2 is 1.30 bits per heavy atom. The summed E-state index contributed by atoms with van der Waals surface area (Å²) in [6.45, 7) is 0. The topological polar surface area (TPSA) is 0 Å². The largest absolute Gasteiger partial charge is 0.120 e. The van der Waals surface area contributed by atoms with Crippen LogP contribution in [-0.2, 0) is 26.8 Å². The Labute approximate surface area is 152 Å². The van der Waals surface area contributed by atoms with Gasteiger partial charge >= 0.3 is 0 Å². The summed E-state index contributed by atoms with van der Waals surface area (Å²) in [7, 11) is 0. The van der Waals surface area contributed by atoms with Crippen molar-refractivity contribution in [3.05, 3.63) is 113 Å². The zero-order chi connectivity index (χ0) is 14.8. The maximum absolute atomic E-state index is 2.28. The fourth-order valence-corrected chi connectivity index (χ4v) is 3.63. The molecule has 0 saturated heterocycles. The molecule has 3 aromatic carbocycles. The molecule has 0 amide bonds. The van der Waals surface area contributed by atoms with Gasteiger partial charge in [-0.25, -0.2) is 0 Å². The van der Waals surface area contributed by atoms with Crippen LogP contribution in [0.25, 0.3) is 0 Å². The first-order valence-corrected chi connectivity index (χ1v) is 7.99. The van der Waals surface area contributed by atoms with Crippen LogP contribution in [0.1, 0.15) is 34.6 Å². The number of benzene rings is 3. The molecule has 0 nitrogen and oxygen atoms in total. The summed E-state index contributed by atoms with van der Waals surface area (Å²) in [5.74, 6) is 1.96. The first kappa shape index (κ1) is 16.1. The van der Waals surface area contributed by atoms with Crippen LogP contribution in [0.4, 0.5) is 0 Å². The predicted octanol–water partition coefficient (Wildman–Crippen LogP) is 5.38. The van der Waals surface area contributed by atoms with Crippen LogP contribution in [0.15, 0.2) is 84.9 Å². The molecule has 4 rings (SSSR count). The van der Waals surface area contributed by atoms with Crippen molar-refractivity contribution < 1.29 is 20.4 Å². The molecule has 1 atom stereocenters. The number of fused-ring (bicyclic) bond motifs is 1. The molecule has 0 heterocycles. The molecule has 0 fully saturated rings. The molecule has 1 aliphatic rings. The van der Waals surface area contributed by atoms with Gasteiger partial charge in [-0.1, -0.05) is 79.6 Å². The van der Waals surface area contributed by atoms with Crippen molar-refractivity contribution in [3.63, 3.8) is 0 Å². The van der Waals surface area contributed by atoms with Gasteiger partial charge < -0.3 is 0 Å². The quantitative estimate of drug-likeness (QED) is 0.407. The van der Waals surface area contributed by atoms with Crippen LogP contribution < -0.4 is 0 Å². The van der Waals surface area contributed by atoms with Crippen LogP contribution in [0, 0.1) is 5.92 Å². The summed E-state index contributed by atoms with van der Waals surface area (Å²) >= 11 is 0. The third kappa shape index (κ3) is 3.13. The van der Waals surface area contributed by atoms with Gasteiger partial charge in [0.25, 0.3) is 0 Å². The van der Waals surface area contributed by atoms with E-state index in [0.29, 0.717) is 5.92 Å². The summed E-state index contributed by atoms with van der Waals surface area (Å²) in [6.07, 6.45) is 2.34. The van der Waals surface area contributed by atoms with Crippen molar-refractivity contribution in [3.8, 4) is 0 Å². The summed E-state index contributed by atoms with van der Waals surface area (Å²) < 4.78 is 0. The van der Waals surface area contributed by atoms with Gasteiger partial charge in [0.05, 0.1) is 0 Å². The van der Waals surface area contributed by atoms with Gasteiger partial charge in [-0.3, -0.25) is 0 Å². The zero-order valence-corrected chi connectivity index (χ0v) is 14.4. The van der Waals surface area contributed by atoms with Crippen molar-refractivity contribution in [2.75, 3.05) is 0 Å². The maximum Gasteiger partial charge on any atom is 0 e. The van der Waals surface area contributed by atoms with E-state index < -0.39 is 0 Å². The average molecular weight is 390 g/mol. The molecule has 3 aromatic rings. The molecule has 1 aliphatic carbocycles. The Morgan fingerprint density at radius 1 is 0.696 bits per heavy atom. The normalized spacial score (nSPS) is 16.3. The Balaban J connectivity index is 0.00000156. The van der Waals surface area contributed by atoms with Crippen molar-refractivity contribution >= 4 is 0 Å². The molecule has 0 radical (unpaired) electrons. The van der Waals surface area contributed by atoms with Gasteiger partial charge in [0, 0.05) is 20.4 Å². The number of hydrogen-bond acceptors (Lipinski definition) is 0. The van der Waals surface area contributed by atoms with Gasteiger partial charge in [0.15, 0.2) is 0 Å². The minimum absolute atomic E-state index is 0.